The summed E-state index contributed by atoms with van der Waals surface area (Å²) in [5.41, 5.74) is 1.11. The number of oxazole rings is 1. The van der Waals surface area contributed by atoms with Crippen molar-refractivity contribution in [2.45, 2.75) is 39.7 Å². The van der Waals surface area contributed by atoms with E-state index < -0.39 is 0 Å². The first-order valence-corrected chi connectivity index (χ1v) is 4.56. The molecule has 0 saturated carbocycles. The number of hydrogen-bond donors (Lipinski definition) is 1. The first-order chi connectivity index (χ1) is 5.95. The molecule has 1 N–H and O–H groups in total. The van der Waals surface area contributed by atoms with E-state index in [0.29, 0.717) is 0 Å². The number of rotatable bonds is 2. The summed E-state index contributed by atoms with van der Waals surface area (Å²) in [7, 11) is 1.91. The molecule has 74 valence electrons. The van der Waals surface area contributed by atoms with E-state index in [9.17, 15) is 0 Å². The van der Waals surface area contributed by atoms with Gasteiger partial charge in [-0.05, 0) is 7.05 Å². The van der Waals surface area contributed by atoms with Gasteiger partial charge in [0.1, 0.15) is 5.76 Å². The zero-order valence-corrected chi connectivity index (χ0v) is 9.06. The van der Waals surface area contributed by atoms with Crippen molar-refractivity contribution in [3.8, 4) is 0 Å². The number of nitrogens with one attached hydrogen (secondary N) is 1. The highest BCUT2D eigenvalue weighted by Crippen LogP contribution is 2.25. The number of hydrogen-bond acceptors (Lipinski definition) is 3. The van der Waals surface area contributed by atoms with E-state index in [1.54, 1.807) is 0 Å². The van der Waals surface area contributed by atoms with E-state index in [1.165, 1.54) is 0 Å². The summed E-state index contributed by atoms with van der Waals surface area (Å²) < 4.78 is 5.51. The van der Waals surface area contributed by atoms with Crippen LogP contribution in [0.2, 0.25) is 0 Å². The molecular formula is C10H18N2O. The molecule has 0 saturated heterocycles. The van der Waals surface area contributed by atoms with E-state index in [2.05, 4.69) is 31.1 Å². The molecule has 0 aliphatic heterocycles. The molecule has 0 aliphatic rings. The SMILES string of the molecule is CNCc1oc(C)nc1C(C)(C)C. The maximum atomic E-state index is 5.51. The van der Waals surface area contributed by atoms with Crippen molar-refractivity contribution < 1.29 is 4.42 Å². The van der Waals surface area contributed by atoms with Gasteiger partial charge in [-0.25, -0.2) is 4.98 Å². The lowest BCUT2D eigenvalue weighted by atomic mass is 9.91. The molecule has 3 heteroatoms. The van der Waals surface area contributed by atoms with Crippen molar-refractivity contribution in [2.24, 2.45) is 0 Å². The molecule has 13 heavy (non-hydrogen) atoms. The second-order valence-electron chi connectivity index (χ2n) is 4.28. The highest BCUT2D eigenvalue weighted by Gasteiger charge is 2.23. The van der Waals surface area contributed by atoms with Crippen LogP contribution in [0.1, 0.15) is 38.1 Å². The minimum atomic E-state index is 0.0595. The largest absolute Gasteiger partial charge is 0.444 e. The van der Waals surface area contributed by atoms with E-state index in [0.717, 1.165) is 23.9 Å². The van der Waals surface area contributed by atoms with Gasteiger partial charge in [0.2, 0.25) is 0 Å². The third kappa shape index (κ3) is 2.31. The van der Waals surface area contributed by atoms with Crippen molar-refractivity contribution in [1.82, 2.24) is 10.3 Å². The lowest BCUT2D eigenvalue weighted by Crippen LogP contribution is -2.16. The van der Waals surface area contributed by atoms with Gasteiger partial charge in [-0.2, -0.15) is 0 Å². The Morgan fingerprint density at radius 1 is 1.38 bits per heavy atom. The molecule has 1 rings (SSSR count). The molecule has 1 heterocycles. The second kappa shape index (κ2) is 3.50. The van der Waals surface area contributed by atoms with E-state index in [1.807, 2.05) is 14.0 Å². The Bertz CT molecular complexity index is 284. The summed E-state index contributed by atoms with van der Waals surface area (Å²) in [5.74, 6) is 1.70. The van der Waals surface area contributed by atoms with Gasteiger partial charge in [0.25, 0.3) is 0 Å². The van der Waals surface area contributed by atoms with Gasteiger partial charge in [0.15, 0.2) is 5.89 Å². The van der Waals surface area contributed by atoms with Crippen molar-refractivity contribution in [3.63, 3.8) is 0 Å². The number of aromatic nitrogens is 1. The van der Waals surface area contributed by atoms with Gasteiger partial charge >= 0.3 is 0 Å². The maximum absolute atomic E-state index is 5.51. The van der Waals surface area contributed by atoms with Crippen LogP contribution in [-0.2, 0) is 12.0 Å². The Balaban J connectivity index is 3.04. The average molecular weight is 182 g/mol. The monoisotopic (exact) mass is 182 g/mol. The number of nitrogens with zero attached hydrogens (tertiary/aromatic N) is 1. The van der Waals surface area contributed by atoms with E-state index in [-0.39, 0.29) is 5.41 Å². The fourth-order valence-electron chi connectivity index (χ4n) is 1.34. The predicted octanol–water partition coefficient (Wildman–Crippen LogP) is 2.00. The quantitative estimate of drug-likeness (QED) is 0.760. The summed E-state index contributed by atoms with van der Waals surface area (Å²) in [4.78, 5) is 4.39. The predicted molar refractivity (Wildman–Crippen MR) is 52.7 cm³/mol. The van der Waals surface area contributed by atoms with E-state index in [4.69, 9.17) is 4.42 Å². The third-order valence-electron chi connectivity index (χ3n) is 1.85. The van der Waals surface area contributed by atoms with Gasteiger partial charge < -0.3 is 9.73 Å². The molecule has 3 nitrogen and oxygen atoms in total. The molecule has 1 aromatic heterocycles. The van der Waals surface area contributed by atoms with Crippen LogP contribution >= 0.6 is 0 Å². The minimum Gasteiger partial charge on any atom is -0.444 e. The Morgan fingerprint density at radius 3 is 2.46 bits per heavy atom. The normalized spacial score (nSPS) is 12.1. The zero-order valence-electron chi connectivity index (χ0n) is 9.06. The first kappa shape index (κ1) is 10.3. The third-order valence-corrected chi connectivity index (χ3v) is 1.85. The average Bonchev–Trinajstić information content (AvgIpc) is 2.30. The Labute approximate surface area is 79.5 Å². The van der Waals surface area contributed by atoms with Crippen LogP contribution < -0.4 is 5.32 Å². The topological polar surface area (TPSA) is 38.1 Å². The van der Waals surface area contributed by atoms with Crippen LogP contribution in [0.15, 0.2) is 4.42 Å². The molecule has 0 radical (unpaired) electrons. The summed E-state index contributed by atoms with van der Waals surface area (Å²) in [5, 5.41) is 3.08. The van der Waals surface area contributed by atoms with Gasteiger partial charge in [0, 0.05) is 12.3 Å². The molecule has 1 aromatic rings. The maximum Gasteiger partial charge on any atom is 0.191 e. The van der Waals surface area contributed by atoms with Crippen LogP contribution in [0, 0.1) is 6.92 Å². The first-order valence-electron chi connectivity index (χ1n) is 4.56. The molecule has 0 aliphatic carbocycles. The van der Waals surface area contributed by atoms with Gasteiger partial charge in [-0.15, -0.1) is 0 Å². The molecule has 0 amide bonds. The highest BCUT2D eigenvalue weighted by atomic mass is 16.4. The van der Waals surface area contributed by atoms with Crippen LogP contribution in [0.5, 0.6) is 0 Å². The fraction of sp³-hybridized carbons (Fsp3) is 0.700. The Kier molecular flexibility index (Phi) is 2.76. The molecule has 0 unspecified atom stereocenters. The van der Waals surface area contributed by atoms with Crippen LogP contribution in [0.25, 0.3) is 0 Å². The van der Waals surface area contributed by atoms with Crippen molar-refractivity contribution >= 4 is 0 Å². The lowest BCUT2D eigenvalue weighted by Gasteiger charge is -2.16. The van der Waals surface area contributed by atoms with Crippen molar-refractivity contribution in [3.05, 3.63) is 17.3 Å². The van der Waals surface area contributed by atoms with Crippen LogP contribution in [-0.4, -0.2) is 12.0 Å². The highest BCUT2D eigenvalue weighted by molar-refractivity contribution is 5.18. The summed E-state index contributed by atoms with van der Waals surface area (Å²) >= 11 is 0. The standard InChI is InChI=1S/C10H18N2O/c1-7-12-9(10(2,3)4)8(13-7)6-11-5/h11H,6H2,1-5H3. The number of aryl methyl sites for hydroxylation is 1. The van der Waals surface area contributed by atoms with Crippen molar-refractivity contribution in [1.29, 1.82) is 0 Å². The Hall–Kier alpha value is -0.830. The molecule has 0 aromatic carbocycles. The van der Waals surface area contributed by atoms with Crippen LogP contribution in [0.3, 0.4) is 0 Å². The second-order valence-corrected chi connectivity index (χ2v) is 4.28. The zero-order chi connectivity index (χ0) is 10.1. The molecule has 0 spiro atoms. The molecular weight excluding hydrogens is 164 g/mol. The summed E-state index contributed by atoms with van der Waals surface area (Å²) in [6, 6.07) is 0. The molecule has 0 atom stereocenters. The lowest BCUT2D eigenvalue weighted by molar-refractivity contribution is 0.452. The molecule has 0 bridgehead atoms. The summed E-state index contributed by atoms with van der Waals surface area (Å²) in [6.45, 7) is 9.05. The smallest absolute Gasteiger partial charge is 0.191 e. The Morgan fingerprint density at radius 2 is 2.00 bits per heavy atom. The minimum absolute atomic E-state index is 0.0595. The molecule has 0 fully saturated rings. The summed E-state index contributed by atoms with van der Waals surface area (Å²) in [6.07, 6.45) is 0. The van der Waals surface area contributed by atoms with Crippen molar-refractivity contribution in [2.75, 3.05) is 7.05 Å². The van der Waals surface area contributed by atoms with Gasteiger partial charge in [-0.1, -0.05) is 20.8 Å². The fourth-order valence-corrected chi connectivity index (χ4v) is 1.34. The van der Waals surface area contributed by atoms with E-state index >= 15 is 0 Å². The van der Waals surface area contributed by atoms with Gasteiger partial charge in [0.05, 0.1) is 12.2 Å². The van der Waals surface area contributed by atoms with Crippen LogP contribution in [0.4, 0.5) is 0 Å². The van der Waals surface area contributed by atoms with Gasteiger partial charge in [-0.3, -0.25) is 0 Å².